The Morgan fingerprint density at radius 1 is 1.39 bits per heavy atom. The lowest BCUT2D eigenvalue weighted by Gasteiger charge is -2.12. The number of carbonyl (C=O) groups excluding carboxylic acids is 1. The first-order chi connectivity index (χ1) is 8.42. The van der Waals surface area contributed by atoms with Crippen molar-refractivity contribution in [1.29, 1.82) is 0 Å². The van der Waals surface area contributed by atoms with Crippen molar-refractivity contribution in [2.24, 2.45) is 5.73 Å². The van der Waals surface area contributed by atoms with Gasteiger partial charge in [0.15, 0.2) is 0 Å². The largest absolute Gasteiger partial charge is 0.364 e. The molecule has 2 atom stereocenters. The maximum absolute atomic E-state index is 11.7. The molecule has 1 rings (SSSR count). The molecule has 2 unspecified atom stereocenters. The van der Waals surface area contributed by atoms with Gasteiger partial charge in [-0.15, -0.1) is 0 Å². The Labute approximate surface area is 107 Å². The first-order valence-electron chi connectivity index (χ1n) is 6.00. The number of nitrogens with one attached hydrogen (secondary N) is 2. The Morgan fingerprint density at radius 3 is 2.67 bits per heavy atom. The molecular formula is C10H21N3O4S. The summed E-state index contributed by atoms with van der Waals surface area (Å²) in [4.78, 5) is 11.7. The van der Waals surface area contributed by atoms with E-state index in [0.717, 1.165) is 12.7 Å². The van der Waals surface area contributed by atoms with Crippen LogP contribution in [0, 0.1) is 0 Å². The first kappa shape index (κ1) is 15.4. The van der Waals surface area contributed by atoms with Crippen molar-refractivity contribution < 1.29 is 17.9 Å². The van der Waals surface area contributed by atoms with Gasteiger partial charge >= 0.3 is 0 Å². The number of hydrogen-bond donors (Lipinski definition) is 3. The molecule has 1 heterocycles. The van der Waals surface area contributed by atoms with Gasteiger partial charge in [0.05, 0.1) is 12.4 Å². The molecule has 0 aromatic carbocycles. The molecule has 0 bridgehead atoms. The van der Waals surface area contributed by atoms with Crippen molar-refractivity contribution in [1.82, 2.24) is 10.0 Å². The number of nitrogens with two attached hydrogens (primary N) is 1. The van der Waals surface area contributed by atoms with Crippen LogP contribution < -0.4 is 15.8 Å². The van der Waals surface area contributed by atoms with Crippen LogP contribution in [0.25, 0.3) is 0 Å². The minimum Gasteiger partial charge on any atom is -0.364 e. The lowest BCUT2D eigenvalue weighted by atomic mass is 10.2. The van der Waals surface area contributed by atoms with Crippen LogP contribution in [0.15, 0.2) is 0 Å². The van der Waals surface area contributed by atoms with E-state index in [1.807, 2.05) is 0 Å². The number of ether oxygens (including phenoxy) is 1. The third-order valence-electron chi connectivity index (χ3n) is 2.68. The molecule has 106 valence electrons. The van der Waals surface area contributed by atoms with Gasteiger partial charge in [-0.2, -0.15) is 0 Å². The number of carbonyl (C=O) groups is 1. The molecule has 0 aromatic heterocycles. The van der Waals surface area contributed by atoms with E-state index < -0.39 is 16.1 Å². The molecule has 18 heavy (non-hydrogen) atoms. The van der Waals surface area contributed by atoms with E-state index in [2.05, 4.69) is 10.0 Å². The van der Waals surface area contributed by atoms with Crippen molar-refractivity contribution in [2.75, 3.05) is 25.9 Å². The smallest absolute Gasteiger partial charge is 0.249 e. The molecule has 0 radical (unpaired) electrons. The second-order valence-corrected chi connectivity index (χ2v) is 6.20. The predicted molar refractivity (Wildman–Crippen MR) is 67.4 cm³/mol. The van der Waals surface area contributed by atoms with Crippen LogP contribution in [-0.4, -0.2) is 52.4 Å². The zero-order chi connectivity index (χ0) is 13.6. The molecule has 1 aliphatic rings. The highest BCUT2D eigenvalue weighted by molar-refractivity contribution is 7.88. The molecule has 8 heteroatoms. The van der Waals surface area contributed by atoms with Crippen LogP contribution in [0.3, 0.4) is 0 Å². The average Bonchev–Trinajstić information content (AvgIpc) is 2.75. The van der Waals surface area contributed by atoms with Gasteiger partial charge < -0.3 is 15.8 Å². The van der Waals surface area contributed by atoms with Crippen LogP contribution in [-0.2, 0) is 19.6 Å². The Kier molecular flexibility index (Phi) is 6.00. The minimum atomic E-state index is -3.15. The molecule has 1 aliphatic heterocycles. The van der Waals surface area contributed by atoms with E-state index in [1.165, 1.54) is 0 Å². The summed E-state index contributed by atoms with van der Waals surface area (Å²) in [7, 11) is -3.15. The van der Waals surface area contributed by atoms with E-state index in [0.29, 0.717) is 32.5 Å². The van der Waals surface area contributed by atoms with Gasteiger partial charge in [0, 0.05) is 19.6 Å². The van der Waals surface area contributed by atoms with E-state index in [9.17, 15) is 13.2 Å². The number of amides is 1. The summed E-state index contributed by atoms with van der Waals surface area (Å²) >= 11 is 0. The monoisotopic (exact) mass is 279 g/mol. The lowest BCUT2D eigenvalue weighted by molar-refractivity contribution is -0.131. The predicted octanol–water partition coefficient (Wildman–Crippen LogP) is -1.45. The van der Waals surface area contributed by atoms with Crippen molar-refractivity contribution in [3.8, 4) is 0 Å². The van der Waals surface area contributed by atoms with Crippen molar-refractivity contribution in [3.63, 3.8) is 0 Å². The Morgan fingerprint density at radius 2 is 2.11 bits per heavy atom. The molecule has 1 saturated heterocycles. The van der Waals surface area contributed by atoms with Gasteiger partial charge in [0.2, 0.25) is 15.9 Å². The Balaban J connectivity index is 2.11. The topological polar surface area (TPSA) is 111 Å². The minimum absolute atomic E-state index is 0.0207. The molecule has 0 saturated carbocycles. The maximum Gasteiger partial charge on any atom is 0.249 e. The summed E-state index contributed by atoms with van der Waals surface area (Å²) in [6, 6.07) is 0. The summed E-state index contributed by atoms with van der Waals surface area (Å²) in [5, 5.41) is 2.72. The first-order valence-corrected chi connectivity index (χ1v) is 7.89. The number of rotatable bonds is 7. The Hall–Kier alpha value is -0.700. The SMILES string of the molecule is CS(=O)(=O)NCCCNC(=O)C1CCC(CN)O1. The van der Waals surface area contributed by atoms with Crippen LogP contribution >= 0.6 is 0 Å². The van der Waals surface area contributed by atoms with Crippen LogP contribution in [0.4, 0.5) is 0 Å². The van der Waals surface area contributed by atoms with Crippen LogP contribution in [0.1, 0.15) is 19.3 Å². The van der Waals surface area contributed by atoms with Crippen molar-refractivity contribution >= 4 is 15.9 Å². The Bertz CT molecular complexity index is 371. The highest BCUT2D eigenvalue weighted by Gasteiger charge is 2.29. The quantitative estimate of drug-likeness (QED) is 0.494. The third kappa shape index (κ3) is 5.76. The number of sulfonamides is 1. The van der Waals surface area contributed by atoms with Crippen molar-refractivity contribution in [2.45, 2.75) is 31.5 Å². The van der Waals surface area contributed by atoms with E-state index in [1.54, 1.807) is 0 Å². The van der Waals surface area contributed by atoms with Crippen LogP contribution in [0.2, 0.25) is 0 Å². The zero-order valence-corrected chi connectivity index (χ0v) is 11.3. The molecule has 4 N–H and O–H groups in total. The standard InChI is InChI=1S/C10H21N3O4S/c1-18(15,16)13-6-2-5-12-10(14)9-4-3-8(7-11)17-9/h8-9,13H,2-7,11H2,1H3,(H,12,14). The highest BCUT2D eigenvalue weighted by atomic mass is 32.2. The van der Waals surface area contributed by atoms with Gasteiger partial charge in [-0.1, -0.05) is 0 Å². The van der Waals surface area contributed by atoms with Crippen LogP contribution in [0.5, 0.6) is 0 Å². The number of hydrogen-bond acceptors (Lipinski definition) is 5. The lowest BCUT2D eigenvalue weighted by Crippen LogP contribution is -2.37. The zero-order valence-electron chi connectivity index (χ0n) is 10.5. The summed E-state index contributed by atoms with van der Waals surface area (Å²) in [5.74, 6) is -0.148. The molecule has 7 nitrogen and oxygen atoms in total. The van der Waals surface area contributed by atoms with Crippen molar-refractivity contribution in [3.05, 3.63) is 0 Å². The second-order valence-electron chi connectivity index (χ2n) is 4.37. The molecule has 0 aromatic rings. The normalized spacial score (nSPS) is 24.1. The van der Waals surface area contributed by atoms with Gasteiger partial charge in [-0.25, -0.2) is 13.1 Å². The van der Waals surface area contributed by atoms with E-state index >= 15 is 0 Å². The summed E-state index contributed by atoms with van der Waals surface area (Å²) < 4.78 is 29.3. The second kappa shape index (κ2) is 7.03. The van der Waals surface area contributed by atoms with Gasteiger partial charge in [0.1, 0.15) is 6.10 Å². The maximum atomic E-state index is 11.7. The molecule has 0 aliphatic carbocycles. The third-order valence-corrected chi connectivity index (χ3v) is 3.41. The molecular weight excluding hydrogens is 258 g/mol. The molecule has 0 spiro atoms. The van der Waals surface area contributed by atoms with Gasteiger partial charge in [-0.05, 0) is 19.3 Å². The van der Waals surface area contributed by atoms with Gasteiger partial charge in [0.25, 0.3) is 0 Å². The van der Waals surface area contributed by atoms with E-state index in [4.69, 9.17) is 10.5 Å². The fourth-order valence-electron chi connectivity index (χ4n) is 1.74. The van der Waals surface area contributed by atoms with Gasteiger partial charge in [-0.3, -0.25) is 4.79 Å². The average molecular weight is 279 g/mol. The fourth-order valence-corrected chi connectivity index (χ4v) is 2.26. The molecule has 1 fully saturated rings. The fraction of sp³-hybridized carbons (Fsp3) is 0.900. The van der Waals surface area contributed by atoms with E-state index in [-0.39, 0.29) is 12.0 Å². The highest BCUT2D eigenvalue weighted by Crippen LogP contribution is 2.18. The molecule has 1 amide bonds. The summed E-state index contributed by atoms with van der Waals surface area (Å²) in [6.45, 7) is 1.17. The summed E-state index contributed by atoms with van der Waals surface area (Å²) in [5.41, 5.74) is 5.45. The summed E-state index contributed by atoms with van der Waals surface area (Å²) in [6.07, 6.45) is 2.71.